The zero-order chi connectivity index (χ0) is 25.6. The molecular formula is C26H35N3O5S2. The fraction of sp³-hybridized carbons (Fsp3) is 0.500. The summed E-state index contributed by atoms with van der Waals surface area (Å²) in [6, 6.07) is 16.0. The van der Waals surface area contributed by atoms with Crippen molar-refractivity contribution in [2.24, 2.45) is 5.92 Å². The van der Waals surface area contributed by atoms with Gasteiger partial charge in [-0.2, -0.15) is 4.31 Å². The molecule has 196 valence electrons. The van der Waals surface area contributed by atoms with Gasteiger partial charge >= 0.3 is 0 Å². The third-order valence-corrected chi connectivity index (χ3v) is 10.8. The zero-order valence-electron chi connectivity index (χ0n) is 20.5. The number of piperidine rings is 2. The van der Waals surface area contributed by atoms with E-state index in [-0.39, 0.29) is 23.1 Å². The Balaban J connectivity index is 1.31. The summed E-state index contributed by atoms with van der Waals surface area (Å²) < 4.78 is 54.4. The van der Waals surface area contributed by atoms with Crippen LogP contribution in [0.15, 0.2) is 59.5 Å². The van der Waals surface area contributed by atoms with Crippen LogP contribution >= 0.6 is 0 Å². The number of hydrogen-bond acceptors (Lipinski definition) is 5. The fourth-order valence-corrected chi connectivity index (χ4v) is 7.95. The van der Waals surface area contributed by atoms with E-state index < -0.39 is 26.0 Å². The van der Waals surface area contributed by atoms with Crippen molar-refractivity contribution in [3.05, 3.63) is 60.2 Å². The number of nitrogens with zero attached hydrogens (tertiary/aromatic N) is 2. The molecule has 2 saturated heterocycles. The van der Waals surface area contributed by atoms with Gasteiger partial charge in [0.2, 0.25) is 26.0 Å². The lowest BCUT2D eigenvalue weighted by Crippen LogP contribution is -2.44. The lowest BCUT2D eigenvalue weighted by molar-refractivity contribution is -0.120. The van der Waals surface area contributed by atoms with Gasteiger partial charge in [0.15, 0.2) is 0 Å². The molecule has 1 N–H and O–H groups in total. The van der Waals surface area contributed by atoms with Crippen LogP contribution in [0.2, 0.25) is 0 Å². The Kier molecular flexibility index (Phi) is 8.82. The van der Waals surface area contributed by atoms with Crippen molar-refractivity contribution in [1.29, 1.82) is 0 Å². The Hall–Kier alpha value is -2.27. The van der Waals surface area contributed by atoms with Crippen LogP contribution in [0.3, 0.4) is 0 Å². The highest BCUT2D eigenvalue weighted by Gasteiger charge is 2.32. The lowest BCUT2D eigenvalue weighted by atomic mass is 9.99. The standard InChI is InChI=1S/C26H35N3O5S2/c30-26(27-24-13-15-25(16-14-24)36(33,34)28-17-5-2-6-18-28)23-12-7-19-29(21-23)35(31,32)20-8-11-22-9-3-1-4-10-22/h1,3-4,9-10,13-16,23H,2,5-8,11-12,17-21H2,(H,27,30)/t23-/m1/s1. The minimum atomic E-state index is -3.53. The second-order valence-corrected chi connectivity index (χ2v) is 13.6. The minimum Gasteiger partial charge on any atom is -0.326 e. The number of carbonyl (C=O) groups is 1. The lowest BCUT2D eigenvalue weighted by Gasteiger charge is -2.31. The second kappa shape index (κ2) is 11.9. The Morgan fingerprint density at radius 2 is 1.50 bits per heavy atom. The van der Waals surface area contributed by atoms with Gasteiger partial charge < -0.3 is 5.32 Å². The molecule has 0 unspecified atom stereocenters. The monoisotopic (exact) mass is 533 g/mol. The Morgan fingerprint density at radius 1 is 0.833 bits per heavy atom. The molecule has 0 saturated carbocycles. The third-order valence-electron chi connectivity index (χ3n) is 6.93. The zero-order valence-corrected chi connectivity index (χ0v) is 22.1. The summed E-state index contributed by atoms with van der Waals surface area (Å²) >= 11 is 0. The smallest absolute Gasteiger partial charge is 0.243 e. The van der Waals surface area contributed by atoms with E-state index in [2.05, 4.69) is 5.32 Å². The molecule has 0 radical (unpaired) electrons. The van der Waals surface area contributed by atoms with Crippen molar-refractivity contribution < 1.29 is 21.6 Å². The summed E-state index contributed by atoms with van der Waals surface area (Å²) in [5.74, 6) is -0.631. The molecule has 4 rings (SSSR count). The van der Waals surface area contributed by atoms with Gasteiger partial charge in [0.25, 0.3) is 0 Å². The van der Waals surface area contributed by atoms with Gasteiger partial charge in [0.1, 0.15) is 0 Å². The molecule has 10 heteroatoms. The van der Waals surface area contributed by atoms with E-state index in [1.165, 1.54) is 20.7 Å². The summed E-state index contributed by atoms with van der Waals surface area (Å²) in [7, 11) is -6.97. The SMILES string of the molecule is O=C(Nc1ccc(S(=O)(=O)N2CCCCC2)cc1)[C@@H]1CCCN(S(=O)(=O)CCCc2ccccc2)C1. The fourth-order valence-electron chi connectivity index (χ4n) is 4.85. The molecular weight excluding hydrogens is 498 g/mol. The third kappa shape index (κ3) is 6.73. The molecule has 36 heavy (non-hydrogen) atoms. The topological polar surface area (TPSA) is 104 Å². The first kappa shape index (κ1) is 26.8. The molecule has 2 aromatic carbocycles. The van der Waals surface area contributed by atoms with Crippen molar-refractivity contribution in [3.8, 4) is 0 Å². The summed E-state index contributed by atoms with van der Waals surface area (Å²) in [6.07, 6.45) is 5.26. The Labute approximate surface area is 214 Å². The van der Waals surface area contributed by atoms with E-state index in [4.69, 9.17) is 0 Å². The number of amides is 1. The predicted octanol–water partition coefficient (Wildman–Crippen LogP) is 3.47. The number of rotatable bonds is 9. The molecule has 8 nitrogen and oxygen atoms in total. The highest BCUT2D eigenvalue weighted by molar-refractivity contribution is 7.89. The molecule has 2 aromatic rings. The van der Waals surface area contributed by atoms with Gasteiger partial charge in [0.05, 0.1) is 16.6 Å². The van der Waals surface area contributed by atoms with E-state index >= 15 is 0 Å². The first-order valence-electron chi connectivity index (χ1n) is 12.7. The van der Waals surface area contributed by atoms with Crippen LogP contribution in [0.25, 0.3) is 0 Å². The largest absolute Gasteiger partial charge is 0.326 e. The van der Waals surface area contributed by atoms with Crippen molar-refractivity contribution in [2.45, 2.75) is 49.8 Å². The number of sulfonamides is 2. The van der Waals surface area contributed by atoms with Crippen molar-refractivity contribution in [3.63, 3.8) is 0 Å². The number of anilines is 1. The summed E-state index contributed by atoms with van der Waals surface area (Å²) in [5, 5.41) is 2.84. The molecule has 1 atom stereocenters. The Bertz CT molecular complexity index is 1230. The van der Waals surface area contributed by atoms with Crippen LogP contribution in [0, 0.1) is 5.92 Å². The van der Waals surface area contributed by atoms with Gasteiger partial charge in [-0.1, -0.05) is 36.8 Å². The quantitative estimate of drug-likeness (QED) is 0.532. The molecule has 2 heterocycles. The van der Waals surface area contributed by atoms with Crippen molar-refractivity contribution in [2.75, 3.05) is 37.2 Å². The molecule has 2 fully saturated rings. The summed E-state index contributed by atoms with van der Waals surface area (Å²) in [6.45, 7) is 1.67. The van der Waals surface area contributed by atoms with Crippen LogP contribution in [0.4, 0.5) is 5.69 Å². The molecule has 1 amide bonds. The maximum atomic E-state index is 12.9. The normalized spacial score (nSPS) is 20.2. The van der Waals surface area contributed by atoms with Crippen LogP contribution in [-0.2, 0) is 31.3 Å². The number of benzene rings is 2. The molecule has 0 aliphatic carbocycles. The summed E-state index contributed by atoms with van der Waals surface area (Å²) in [4.78, 5) is 13.1. The predicted molar refractivity (Wildman–Crippen MR) is 141 cm³/mol. The number of hydrogen-bond donors (Lipinski definition) is 1. The summed E-state index contributed by atoms with van der Waals surface area (Å²) in [5.41, 5.74) is 1.61. The van der Waals surface area contributed by atoms with E-state index in [9.17, 15) is 21.6 Å². The Morgan fingerprint density at radius 3 is 2.19 bits per heavy atom. The highest BCUT2D eigenvalue weighted by Crippen LogP contribution is 2.24. The molecule has 2 aliphatic rings. The van der Waals surface area contributed by atoms with Crippen LogP contribution in [0.1, 0.15) is 44.1 Å². The molecule has 0 bridgehead atoms. The van der Waals surface area contributed by atoms with Gasteiger partial charge in [-0.15, -0.1) is 0 Å². The molecule has 0 aromatic heterocycles. The van der Waals surface area contributed by atoms with Gasteiger partial charge in [0, 0.05) is 31.9 Å². The van der Waals surface area contributed by atoms with Crippen LogP contribution in [0.5, 0.6) is 0 Å². The highest BCUT2D eigenvalue weighted by atomic mass is 32.2. The van der Waals surface area contributed by atoms with Crippen molar-refractivity contribution >= 4 is 31.6 Å². The minimum absolute atomic E-state index is 0.0587. The van der Waals surface area contributed by atoms with E-state index in [1.807, 2.05) is 30.3 Å². The van der Waals surface area contributed by atoms with Gasteiger partial charge in [-0.05, 0) is 68.4 Å². The number of carbonyl (C=O) groups excluding carboxylic acids is 1. The number of aryl methyl sites for hydroxylation is 1. The van der Waals surface area contributed by atoms with Crippen LogP contribution in [-0.4, -0.2) is 63.3 Å². The number of nitrogens with one attached hydrogen (secondary N) is 1. The molecule has 0 spiro atoms. The van der Waals surface area contributed by atoms with Crippen molar-refractivity contribution in [1.82, 2.24) is 8.61 Å². The first-order chi connectivity index (χ1) is 17.3. The van der Waals surface area contributed by atoms with Gasteiger partial charge in [-0.25, -0.2) is 21.1 Å². The van der Waals surface area contributed by atoms with E-state index in [0.29, 0.717) is 51.0 Å². The first-order valence-corrected chi connectivity index (χ1v) is 15.7. The molecule has 2 aliphatic heterocycles. The van der Waals surface area contributed by atoms with Crippen LogP contribution < -0.4 is 5.32 Å². The van der Waals surface area contributed by atoms with E-state index in [0.717, 1.165) is 24.8 Å². The van der Waals surface area contributed by atoms with E-state index in [1.54, 1.807) is 12.1 Å². The maximum absolute atomic E-state index is 12.9. The maximum Gasteiger partial charge on any atom is 0.243 e. The van der Waals surface area contributed by atoms with Gasteiger partial charge in [-0.3, -0.25) is 4.79 Å². The average Bonchev–Trinajstić information content (AvgIpc) is 2.90. The second-order valence-electron chi connectivity index (χ2n) is 9.58. The average molecular weight is 534 g/mol.